The van der Waals surface area contributed by atoms with Crippen molar-refractivity contribution >= 4 is 72.0 Å². The van der Waals surface area contributed by atoms with Gasteiger partial charge in [-0.2, -0.15) is 20.3 Å². The average Bonchev–Trinajstić information content (AvgIpc) is 3.17. The van der Waals surface area contributed by atoms with Gasteiger partial charge in [0.2, 0.25) is 0 Å². The molecule has 0 aromatic heterocycles. The van der Waals surface area contributed by atoms with Gasteiger partial charge in [-0.15, -0.1) is 0 Å². The molecule has 0 saturated carbocycles. The van der Waals surface area contributed by atoms with E-state index in [0.717, 1.165) is 17.1 Å². The number of nitrogens with zero attached hydrogens (tertiary/aromatic N) is 5. The number of aryl methyl sites for hydroxylation is 1. The summed E-state index contributed by atoms with van der Waals surface area (Å²) in [5.41, 5.74) is 1.40. The quantitative estimate of drug-likeness (QED) is 0.208. The van der Waals surface area contributed by atoms with E-state index in [0.29, 0.717) is 11.3 Å². The molecule has 1 aliphatic heterocycles. The van der Waals surface area contributed by atoms with Crippen LogP contribution in [0, 0.1) is 6.92 Å². The van der Waals surface area contributed by atoms with Crippen molar-refractivity contribution < 1.29 is 55.7 Å². The number of azo groups is 1. The van der Waals surface area contributed by atoms with Crippen LogP contribution in [0.25, 0.3) is 0 Å². The van der Waals surface area contributed by atoms with Crippen molar-refractivity contribution in [3.63, 3.8) is 0 Å². The Morgan fingerprint density at radius 2 is 1.63 bits per heavy atom. The summed E-state index contributed by atoms with van der Waals surface area (Å²) in [5, 5.41) is 12.6. The molecule has 1 amide bonds. The molecule has 1 unspecified atom stereocenters. The first kappa shape index (κ1) is 33.1. The fourth-order valence-electron chi connectivity index (χ4n) is 3.99. The topological polar surface area (TPSA) is 152 Å². The average molecular weight is 647 g/mol. The number of para-hydroxylation sites is 1. The first-order valence-electron chi connectivity index (χ1n) is 11.7. The smallest absolute Gasteiger partial charge is 0.744 e. The molecule has 0 bridgehead atoms. The number of anilines is 2. The number of hydrogen-bond donors (Lipinski definition) is 0. The van der Waals surface area contributed by atoms with Gasteiger partial charge in [0.25, 0.3) is 15.9 Å². The summed E-state index contributed by atoms with van der Waals surface area (Å²) in [6.07, 6.45) is 0. The molecule has 41 heavy (non-hydrogen) atoms. The summed E-state index contributed by atoms with van der Waals surface area (Å²) in [4.78, 5) is 12.4. The van der Waals surface area contributed by atoms with Crippen molar-refractivity contribution in [3.05, 3.63) is 76.3 Å². The van der Waals surface area contributed by atoms with Gasteiger partial charge in [0.1, 0.15) is 10.1 Å². The summed E-state index contributed by atoms with van der Waals surface area (Å²) in [6.45, 7) is 5.13. The summed E-state index contributed by atoms with van der Waals surface area (Å²) < 4.78 is 62.5. The van der Waals surface area contributed by atoms with Gasteiger partial charge in [-0.25, -0.2) is 16.8 Å². The van der Waals surface area contributed by atoms with E-state index in [1.807, 2.05) is 0 Å². The monoisotopic (exact) mass is 645 g/mol. The van der Waals surface area contributed by atoms with Gasteiger partial charge in [0, 0.05) is 6.54 Å². The first-order valence-corrected chi connectivity index (χ1v) is 15.3. The van der Waals surface area contributed by atoms with Crippen molar-refractivity contribution in [2.24, 2.45) is 15.3 Å². The maximum Gasteiger partial charge on any atom is 1.00 e. The molecule has 0 radical (unpaired) electrons. The Balaban J connectivity index is 0.00000462. The van der Waals surface area contributed by atoms with Gasteiger partial charge >= 0.3 is 29.6 Å². The molecule has 1 aliphatic rings. The zero-order valence-electron chi connectivity index (χ0n) is 22.3. The largest absolute Gasteiger partial charge is 1.00 e. The van der Waals surface area contributed by atoms with Gasteiger partial charge in [0.05, 0.1) is 42.6 Å². The van der Waals surface area contributed by atoms with Crippen molar-refractivity contribution in [2.75, 3.05) is 15.9 Å². The van der Waals surface area contributed by atoms with Crippen LogP contribution in [0.1, 0.15) is 19.4 Å². The molecule has 0 saturated heterocycles. The molecule has 16 heteroatoms. The Hall–Kier alpha value is -2.36. The number of carbonyl (C=O) groups excluding carboxylic acids is 1. The second-order valence-electron chi connectivity index (χ2n) is 8.65. The second-order valence-corrected chi connectivity index (χ2v) is 12.6. The molecule has 3 aromatic carbocycles. The number of hydrazone groups is 1. The fourth-order valence-corrected chi connectivity index (χ4v) is 7.02. The maximum absolute atomic E-state index is 13.5. The van der Waals surface area contributed by atoms with E-state index < -0.39 is 42.0 Å². The standard InChI is InChI=1S/C25H23Cl2N5O6S2.Na/c1-4-31(18-8-6-5-7-9-18)39(34,35)22-12-17(11-10-15(22)2)28-29-24-16(3)30-32(25(24)33)21-13-20(27)23(14-19(21)26)40(36,37)38;/h5-14,24H,4H2,1-3H3,(H,36,37,38);/q;+1/p-1. The normalized spacial score (nSPS) is 15.7. The third-order valence-corrected chi connectivity index (χ3v) is 9.60. The maximum atomic E-state index is 13.5. The van der Waals surface area contributed by atoms with Gasteiger partial charge in [0.15, 0.2) is 6.04 Å². The molecular formula is C25H22Cl2N5NaO6S2. The predicted molar refractivity (Wildman–Crippen MR) is 151 cm³/mol. The second kappa shape index (κ2) is 12.9. The SMILES string of the molecule is CCN(c1ccccc1)S(=O)(=O)c1cc(N=NC2C(=O)N(c3cc(Cl)c(S(=O)(=O)[O-])cc3Cl)N=C2C)ccc1C.[Na+]. The van der Waals surface area contributed by atoms with Crippen LogP contribution in [0.15, 0.2) is 85.8 Å². The van der Waals surface area contributed by atoms with Crippen LogP contribution in [-0.4, -0.2) is 45.6 Å². The van der Waals surface area contributed by atoms with E-state index in [1.54, 1.807) is 56.3 Å². The molecule has 4 rings (SSSR count). The zero-order chi connectivity index (χ0) is 29.4. The molecule has 210 valence electrons. The van der Waals surface area contributed by atoms with E-state index in [4.69, 9.17) is 23.2 Å². The summed E-state index contributed by atoms with van der Waals surface area (Å²) in [7, 11) is -8.84. The fraction of sp³-hybridized carbons (Fsp3) is 0.200. The number of rotatable bonds is 8. The number of benzene rings is 3. The van der Waals surface area contributed by atoms with Crippen LogP contribution < -0.4 is 38.9 Å². The molecular weight excluding hydrogens is 624 g/mol. The van der Waals surface area contributed by atoms with Crippen molar-refractivity contribution in [1.29, 1.82) is 0 Å². The van der Waals surface area contributed by atoms with Crippen molar-refractivity contribution in [2.45, 2.75) is 36.6 Å². The van der Waals surface area contributed by atoms with E-state index in [1.165, 1.54) is 17.3 Å². The van der Waals surface area contributed by atoms with E-state index in [-0.39, 0.29) is 63.1 Å². The van der Waals surface area contributed by atoms with Crippen LogP contribution in [0.3, 0.4) is 0 Å². The molecule has 1 heterocycles. The minimum atomic E-state index is -4.90. The first-order chi connectivity index (χ1) is 18.8. The van der Waals surface area contributed by atoms with Gasteiger partial charge in [-0.3, -0.25) is 9.10 Å². The summed E-state index contributed by atoms with van der Waals surface area (Å²) in [5.74, 6) is -0.668. The Labute approximate surface area is 269 Å². The molecule has 1 atom stereocenters. The molecule has 0 N–H and O–H groups in total. The summed E-state index contributed by atoms with van der Waals surface area (Å²) >= 11 is 12.1. The Bertz CT molecular complexity index is 1770. The van der Waals surface area contributed by atoms with Crippen LogP contribution in [0.4, 0.5) is 17.1 Å². The molecule has 0 fully saturated rings. The van der Waals surface area contributed by atoms with Crippen molar-refractivity contribution in [1.82, 2.24) is 0 Å². The van der Waals surface area contributed by atoms with Crippen LogP contribution in [-0.2, 0) is 24.9 Å². The molecule has 3 aromatic rings. The minimum absolute atomic E-state index is 0. The number of halogens is 2. The third-order valence-electron chi connectivity index (χ3n) is 5.95. The third kappa shape index (κ3) is 6.83. The van der Waals surface area contributed by atoms with E-state index >= 15 is 0 Å². The number of amides is 1. The van der Waals surface area contributed by atoms with Crippen molar-refractivity contribution in [3.8, 4) is 0 Å². The van der Waals surface area contributed by atoms with Crippen LogP contribution in [0.5, 0.6) is 0 Å². The van der Waals surface area contributed by atoms with E-state index in [9.17, 15) is 26.2 Å². The Morgan fingerprint density at radius 3 is 2.24 bits per heavy atom. The van der Waals surface area contributed by atoms with Gasteiger partial charge in [-0.1, -0.05) is 47.5 Å². The Morgan fingerprint density at radius 1 is 0.976 bits per heavy atom. The predicted octanol–water partition coefficient (Wildman–Crippen LogP) is 2.30. The summed E-state index contributed by atoms with van der Waals surface area (Å²) in [6, 6.07) is 14.0. The van der Waals surface area contributed by atoms with Gasteiger partial charge in [-0.05, 0) is 62.7 Å². The van der Waals surface area contributed by atoms with Crippen LogP contribution >= 0.6 is 23.2 Å². The van der Waals surface area contributed by atoms with E-state index in [2.05, 4.69) is 15.3 Å². The Kier molecular flexibility index (Phi) is 10.4. The zero-order valence-corrected chi connectivity index (χ0v) is 27.5. The number of hydrogen-bond acceptors (Lipinski definition) is 9. The number of sulfonamides is 1. The minimum Gasteiger partial charge on any atom is -0.744 e. The number of carbonyl (C=O) groups is 1. The molecule has 0 spiro atoms. The molecule has 0 aliphatic carbocycles. The van der Waals surface area contributed by atoms with Gasteiger partial charge < -0.3 is 4.55 Å². The molecule has 11 nitrogen and oxygen atoms in total. The van der Waals surface area contributed by atoms with Crippen LogP contribution in [0.2, 0.25) is 10.0 Å².